The normalized spacial score (nSPS) is 14.2. The Bertz CT molecular complexity index is 608. The van der Waals surface area contributed by atoms with E-state index in [1.807, 2.05) is 4.57 Å². The molecule has 1 aromatic heterocycles. The fourth-order valence-corrected chi connectivity index (χ4v) is 2.07. The lowest BCUT2D eigenvalue weighted by Gasteiger charge is -2.26. The first-order valence-electron chi connectivity index (χ1n) is 5.24. The first kappa shape index (κ1) is 11.3. The van der Waals surface area contributed by atoms with E-state index >= 15 is 0 Å². The molecule has 0 bridgehead atoms. The molecule has 0 fully saturated rings. The van der Waals surface area contributed by atoms with Crippen molar-refractivity contribution in [3.05, 3.63) is 58.7 Å². The van der Waals surface area contributed by atoms with Crippen LogP contribution in [0.25, 0.3) is 11.4 Å². The lowest BCUT2D eigenvalue weighted by atomic mass is 10.1. The van der Waals surface area contributed by atoms with Crippen LogP contribution in [0.5, 0.6) is 0 Å². The number of nitrogens with two attached hydrogens (primary N) is 1. The molecule has 17 heavy (non-hydrogen) atoms. The number of aromatic nitrogens is 1. The van der Waals surface area contributed by atoms with E-state index in [2.05, 4.69) is 25.1 Å². The molecule has 2 rings (SSSR count). The summed E-state index contributed by atoms with van der Waals surface area (Å²) in [5, 5.41) is 3.05. The van der Waals surface area contributed by atoms with Crippen molar-refractivity contribution < 1.29 is 0 Å². The fourth-order valence-electron chi connectivity index (χ4n) is 2.07. The summed E-state index contributed by atoms with van der Waals surface area (Å²) in [5.74, 6) is 0. The van der Waals surface area contributed by atoms with Gasteiger partial charge in [-0.15, -0.1) is 0 Å². The van der Waals surface area contributed by atoms with Gasteiger partial charge >= 0.3 is 0 Å². The first-order valence-corrected chi connectivity index (χ1v) is 5.24. The fraction of sp³-hybridized carbons (Fsp3) is 0.154. The zero-order chi connectivity index (χ0) is 12.7. The van der Waals surface area contributed by atoms with E-state index in [9.17, 15) is 4.79 Å². The van der Waals surface area contributed by atoms with Gasteiger partial charge in [0.1, 0.15) is 0 Å². The summed E-state index contributed by atoms with van der Waals surface area (Å²) in [5.41, 5.74) is 9.18. The molecule has 3 N–H and O–H groups in total. The number of hydrogen-bond donors (Lipinski definition) is 2. The Kier molecular flexibility index (Phi) is 2.42. The molecule has 0 radical (unpaired) electrons. The molecule has 1 aliphatic heterocycles. The van der Waals surface area contributed by atoms with Gasteiger partial charge in [0.2, 0.25) is 0 Å². The van der Waals surface area contributed by atoms with E-state index in [1.165, 1.54) is 0 Å². The molecule has 0 saturated carbocycles. The van der Waals surface area contributed by atoms with Gasteiger partial charge in [0.05, 0.1) is 23.5 Å². The Balaban J connectivity index is 2.78. The molecule has 4 nitrogen and oxygen atoms in total. The lowest BCUT2D eigenvalue weighted by molar-refractivity contribution is 0.689. The molecule has 0 saturated heterocycles. The maximum absolute atomic E-state index is 12.1. The molecule has 4 heteroatoms. The number of allylic oxidation sites excluding steroid dienone is 1. The second-order valence-corrected chi connectivity index (χ2v) is 4.21. The summed E-state index contributed by atoms with van der Waals surface area (Å²) in [4.78, 5) is 12.1. The highest BCUT2D eigenvalue weighted by molar-refractivity contribution is 5.68. The predicted molar refractivity (Wildman–Crippen MR) is 70.0 cm³/mol. The average Bonchev–Trinajstić information content (AvgIpc) is 2.21. The molecule has 88 valence electrons. The monoisotopic (exact) mass is 229 g/mol. The minimum absolute atomic E-state index is 0.0980. The third-order valence-corrected chi connectivity index (χ3v) is 2.83. The van der Waals surface area contributed by atoms with E-state index in [1.54, 1.807) is 13.1 Å². The van der Waals surface area contributed by atoms with Crippen molar-refractivity contribution in [2.24, 2.45) is 5.73 Å². The predicted octanol–water partition coefficient (Wildman–Crippen LogP) is 1.17. The number of hydrogen-bond acceptors (Lipinski definition) is 3. The van der Waals surface area contributed by atoms with Crippen molar-refractivity contribution in [3.63, 3.8) is 0 Å². The number of pyridine rings is 1. The first-order chi connectivity index (χ1) is 7.91. The van der Waals surface area contributed by atoms with Crippen LogP contribution in [-0.4, -0.2) is 4.57 Å². The van der Waals surface area contributed by atoms with Crippen molar-refractivity contribution in [2.75, 3.05) is 0 Å². The van der Waals surface area contributed by atoms with Crippen LogP contribution in [0.4, 0.5) is 0 Å². The van der Waals surface area contributed by atoms with Gasteiger partial charge < -0.3 is 15.6 Å². The van der Waals surface area contributed by atoms with Gasteiger partial charge in [0, 0.05) is 23.2 Å². The zero-order valence-electron chi connectivity index (χ0n) is 9.84. The van der Waals surface area contributed by atoms with Crippen LogP contribution in [0.15, 0.2) is 36.4 Å². The summed E-state index contributed by atoms with van der Waals surface area (Å²) in [6.45, 7) is 13.7. The van der Waals surface area contributed by atoms with E-state index in [0.29, 0.717) is 23.4 Å². The van der Waals surface area contributed by atoms with E-state index in [0.717, 1.165) is 11.4 Å². The van der Waals surface area contributed by atoms with Crippen molar-refractivity contribution in [1.82, 2.24) is 9.88 Å². The van der Waals surface area contributed by atoms with Crippen LogP contribution in [0.2, 0.25) is 0 Å². The molecule has 0 amide bonds. The third-order valence-electron chi connectivity index (χ3n) is 2.83. The standard InChI is InChI=1S/C13H15N3O/c1-7-5-16-6-11(9(3)14)13(17)8(2)12(16)10(4)15-7/h6,15H,1,3-5,14H2,2H3. The minimum atomic E-state index is -0.0980. The van der Waals surface area contributed by atoms with E-state index in [4.69, 9.17) is 5.73 Å². The van der Waals surface area contributed by atoms with Crippen LogP contribution in [0.1, 0.15) is 16.8 Å². The Morgan fingerprint density at radius 3 is 2.76 bits per heavy atom. The van der Waals surface area contributed by atoms with Gasteiger partial charge in [-0.25, -0.2) is 0 Å². The summed E-state index contributed by atoms with van der Waals surface area (Å²) in [6.07, 6.45) is 1.71. The Labute approximate surface area is 99.8 Å². The summed E-state index contributed by atoms with van der Waals surface area (Å²) in [6, 6.07) is 0. The van der Waals surface area contributed by atoms with Gasteiger partial charge in [-0.2, -0.15) is 0 Å². The molecule has 1 aliphatic rings. The molecule has 0 unspecified atom stereocenters. The van der Waals surface area contributed by atoms with Crippen LogP contribution in [-0.2, 0) is 6.54 Å². The molecule has 0 spiro atoms. The molecule has 1 aromatic rings. The highest BCUT2D eigenvalue weighted by Crippen LogP contribution is 2.21. The second kappa shape index (κ2) is 3.66. The molecule has 0 aliphatic carbocycles. The van der Waals surface area contributed by atoms with Crippen LogP contribution in [0.3, 0.4) is 0 Å². The van der Waals surface area contributed by atoms with Crippen molar-refractivity contribution >= 4 is 11.4 Å². The number of nitrogens with one attached hydrogen (secondary N) is 1. The summed E-state index contributed by atoms with van der Waals surface area (Å²) < 4.78 is 1.92. The Hall–Kier alpha value is -2.23. The van der Waals surface area contributed by atoms with Crippen LogP contribution >= 0.6 is 0 Å². The number of fused-ring (bicyclic) bond motifs is 1. The highest BCUT2D eigenvalue weighted by atomic mass is 16.1. The molecular formula is C13H15N3O. The van der Waals surface area contributed by atoms with Crippen molar-refractivity contribution in [1.29, 1.82) is 0 Å². The van der Waals surface area contributed by atoms with Crippen molar-refractivity contribution in [3.8, 4) is 0 Å². The topological polar surface area (TPSA) is 60.0 Å². The number of rotatable bonds is 1. The molecule has 0 aromatic carbocycles. The molecular weight excluding hydrogens is 214 g/mol. The lowest BCUT2D eigenvalue weighted by Crippen LogP contribution is -2.30. The van der Waals surface area contributed by atoms with Gasteiger partial charge in [-0.1, -0.05) is 19.7 Å². The number of nitrogens with zero attached hydrogens (tertiary/aromatic N) is 1. The SMILES string of the molecule is C=C1Cn2cc(C(=C)N)c(=O)c(C)c2C(=C)N1. The van der Waals surface area contributed by atoms with Crippen LogP contribution < -0.4 is 16.5 Å². The van der Waals surface area contributed by atoms with E-state index in [-0.39, 0.29) is 11.1 Å². The van der Waals surface area contributed by atoms with Gasteiger partial charge in [-0.3, -0.25) is 4.79 Å². The maximum atomic E-state index is 12.1. The third kappa shape index (κ3) is 1.67. The van der Waals surface area contributed by atoms with Gasteiger partial charge in [0.15, 0.2) is 5.43 Å². The smallest absolute Gasteiger partial charge is 0.194 e. The van der Waals surface area contributed by atoms with E-state index < -0.39 is 0 Å². The summed E-state index contributed by atoms with van der Waals surface area (Å²) in [7, 11) is 0. The average molecular weight is 229 g/mol. The minimum Gasteiger partial charge on any atom is -0.399 e. The van der Waals surface area contributed by atoms with Crippen LogP contribution in [0, 0.1) is 6.92 Å². The molecule has 2 heterocycles. The Morgan fingerprint density at radius 1 is 1.53 bits per heavy atom. The Morgan fingerprint density at radius 2 is 2.18 bits per heavy atom. The van der Waals surface area contributed by atoms with Gasteiger partial charge in [0.25, 0.3) is 0 Å². The summed E-state index contributed by atoms with van der Waals surface area (Å²) >= 11 is 0. The maximum Gasteiger partial charge on any atom is 0.194 e. The van der Waals surface area contributed by atoms with Gasteiger partial charge in [-0.05, 0) is 6.92 Å². The highest BCUT2D eigenvalue weighted by Gasteiger charge is 2.19. The zero-order valence-corrected chi connectivity index (χ0v) is 9.84. The largest absolute Gasteiger partial charge is 0.399 e. The molecule has 0 atom stereocenters. The second-order valence-electron chi connectivity index (χ2n) is 4.21. The van der Waals surface area contributed by atoms with Crippen molar-refractivity contribution in [2.45, 2.75) is 13.5 Å². The quantitative estimate of drug-likeness (QED) is 0.760.